The first-order chi connectivity index (χ1) is 15.2. The van der Waals surface area contributed by atoms with Crippen molar-refractivity contribution in [3.05, 3.63) is 60.7 Å². The Labute approximate surface area is 179 Å². The smallest absolute Gasteiger partial charge is 0.229 e. The number of aromatic nitrogens is 6. The van der Waals surface area contributed by atoms with Crippen LogP contribution in [0.25, 0.3) is 22.8 Å². The molecule has 0 amide bonds. The van der Waals surface area contributed by atoms with Crippen LogP contribution in [-0.2, 0) is 0 Å². The van der Waals surface area contributed by atoms with E-state index < -0.39 is 0 Å². The maximum atomic E-state index is 4.50. The van der Waals surface area contributed by atoms with Crippen LogP contribution in [0.5, 0.6) is 0 Å². The lowest BCUT2D eigenvalue weighted by Gasteiger charge is -2.11. The van der Waals surface area contributed by atoms with Gasteiger partial charge in [0, 0.05) is 25.2 Å². The summed E-state index contributed by atoms with van der Waals surface area (Å²) in [5.74, 6) is 2.95. The number of hydrogen-bond donors (Lipinski definition) is 4. The monoisotopic (exact) mass is 414 g/mol. The van der Waals surface area contributed by atoms with E-state index in [1.54, 1.807) is 14.1 Å². The maximum Gasteiger partial charge on any atom is 0.229 e. The lowest BCUT2D eigenvalue weighted by Crippen LogP contribution is -2.17. The van der Waals surface area contributed by atoms with Crippen molar-refractivity contribution in [2.45, 2.75) is 0 Å². The molecular formula is C21H22N10. The molecule has 31 heavy (non-hydrogen) atoms. The highest BCUT2D eigenvalue weighted by atomic mass is 15.3. The van der Waals surface area contributed by atoms with Gasteiger partial charge in [0.15, 0.2) is 11.6 Å². The molecule has 0 saturated carbocycles. The molecule has 4 aromatic rings. The van der Waals surface area contributed by atoms with Crippen LogP contribution >= 0.6 is 0 Å². The average Bonchev–Trinajstić information content (AvgIpc) is 2.84. The van der Waals surface area contributed by atoms with E-state index in [2.05, 4.69) is 51.2 Å². The molecule has 10 nitrogen and oxygen atoms in total. The van der Waals surface area contributed by atoms with E-state index in [1.165, 1.54) is 0 Å². The second kappa shape index (κ2) is 9.44. The third kappa shape index (κ3) is 4.99. The number of nitrogens with zero attached hydrogens (tertiary/aromatic N) is 6. The van der Waals surface area contributed by atoms with Crippen molar-refractivity contribution < 1.29 is 0 Å². The molecule has 10 heteroatoms. The molecular weight excluding hydrogens is 392 g/mol. The zero-order valence-corrected chi connectivity index (χ0v) is 17.2. The van der Waals surface area contributed by atoms with Gasteiger partial charge in [-0.15, -0.1) is 0 Å². The molecule has 0 saturated heterocycles. The fourth-order valence-corrected chi connectivity index (χ4v) is 2.77. The molecule has 4 N–H and O–H groups in total. The summed E-state index contributed by atoms with van der Waals surface area (Å²) in [6.07, 6.45) is 0. The fraction of sp³-hybridized carbons (Fsp3) is 0.143. The molecule has 2 aromatic carbocycles. The second-order valence-corrected chi connectivity index (χ2v) is 6.37. The minimum atomic E-state index is 0.308. The highest BCUT2D eigenvalue weighted by Crippen LogP contribution is 2.18. The molecule has 0 aliphatic rings. The SMILES string of the molecule is CNc1nc(NCNc2nc(NC)nc(-c3ccccc3)n2)nc(-c2ccccc2)n1. The van der Waals surface area contributed by atoms with E-state index in [0.29, 0.717) is 42.1 Å². The lowest BCUT2D eigenvalue weighted by molar-refractivity contribution is 0.998. The van der Waals surface area contributed by atoms with Crippen LogP contribution in [0.2, 0.25) is 0 Å². The van der Waals surface area contributed by atoms with Crippen LogP contribution in [0.15, 0.2) is 60.7 Å². The summed E-state index contributed by atoms with van der Waals surface area (Å²) < 4.78 is 0. The third-order valence-corrected chi connectivity index (χ3v) is 4.28. The predicted molar refractivity (Wildman–Crippen MR) is 122 cm³/mol. The van der Waals surface area contributed by atoms with Gasteiger partial charge in [0.1, 0.15) is 0 Å². The van der Waals surface area contributed by atoms with Gasteiger partial charge in [-0.3, -0.25) is 0 Å². The van der Waals surface area contributed by atoms with Crippen molar-refractivity contribution in [1.29, 1.82) is 0 Å². The maximum absolute atomic E-state index is 4.50. The Hall–Kier alpha value is -4.34. The van der Waals surface area contributed by atoms with Crippen LogP contribution < -0.4 is 21.3 Å². The Balaban J connectivity index is 1.50. The number of nitrogens with one attached hydrogen (secondary N) is 4. The van der Waals surface area contributed by atoms with Crippen LogP contribution in [0.1, 0.15) is 0 Å². The van der Waals surface area contributed by atoms with Crippen molar-refractivity contribution in [3.63, 3.8) is 0 Å². The Morgan fingerprint density at radius 2 is 0.903 bits per heavy atom. The van der Waals surface area contributed by atoms with Gasteiger partial charge >= 0.3 is 0 Å². The van der Waals surface area contributed by atoms with Crippen molar-refractivity contribution in [1.82, 2.24) is 29.9 Å². The van der Waals surface area contributed by atoms with Crippen LogP contribution in [0.4, 0.5) is 23.8 Å². The fourth-order valence-electron chi connectivity index (χ4n) is 2.77. The Morgan fingerprint density at radius 3 is 1.29 bits per heavy atom. The van der Waals surface area contributed by atoms with Crippen molar-refractivity contribution in [2.75, 3.05) is 42.0 Å². The predicted octanol–water partition coefficient (Wildman–Crippen LogP) is 2.96. The van der Waals surface area contributed by atoms with Crippen LogP contribution in [0.3, 0.4) is 0 Å². The zero-order chi connectivity index (χ0) is 21.5. The van der Waals surface area contributed by atoms with Crippen molar-refractivity contribution >= 4 is 23.8 Å². The molecule has 0 unspecified atom stereocenters. The second-order valence-electron chi connectivity index (χ2n) is 6.37. The summed E-state index contributed by atoms with van der Waals surface area (Å²) in [5, 5.41) is 12.2. The summed E-state index contributed by atoms with van der Waals surface area (Å²) in [6, 6.07) is 19.5. The van der Waals surface area contributed by atoms with Gasteiger partial charge in [-0.25, -0.2) is 0 Å². The summed E-state index contributed by atoms with van der Waals surface area (Å²) in [5.41, 5.74) is 1.81. The Kier molecular flexibility index (Phi) is 6.08. The summed E-state index contributed by atoms with van der Waals surface area (Å²) in [7, 11) is 3.53. The lowest BCUT2D eigenvalue weighted by atomic mass is 10.2. The largest absolute Gasteiger partial charge is 0.357 e. The Bertz CT molecular complexity index is 1040. The first-order valence-corrected chi connectivity index (χ1v) is 9.71. The van der Waals surface area contributed by atoms with E-state index in [0.717, 1.165) is 11.1 Å². The number of benzene rings is 2. The van der Waals surface area contributed by atoms with Crippen molar-refractivity contribution in [3.8, 4) is 22.8 Å². The van der Waals surface area contributed by atoms with Gasteiger partial charge in [0.2, 0.25) is 23.8 Å². The molecule has 0 spiro atoms. The van der Waals surface area contributed by atoms with E-state index in [9.17, 15) is 0 Å². The van der Waals surface area contributed by atoms with Gasteiger partial charge in [-0.2, -0.15) is 29.9 Å². The van der Waals surface area contributed by atoms with Crippen molar-refractivity contribution in [2.24, 2.45) is 0 Å². The standard InChI is InChI=1S/C21H22N10/c1-22-18-26-16(14-9-5-3-6-10-14)28-20(30-18)24-13-25-21-29-17(27-19(23-2)31-21)15-11-7-4-8-12-15/h3-12H,13H2,1-2H3,(H2,22,24,26,28,30)(H2,23,25,27,29,31). The van der Waals surface area contributed by atoms with Gasteiger partial charge in [-0.05, 0) is 0 Å². The normalized spacial score (nSPS) is 10.4. The third-order valence-electron chi connectivity index (χ3n) is 4.28. The number of rotatable bonds is 8. The minimum Gasteiger partial charge on any atom is -0.357 e. The first kappa shape index (κ1) is 20.0. The molecule has 156 valence electrons. The molecule has 0 radical (unpaired) electrons. The highest BCUT2D eigenvalue weighted by molar-refractivity contribution is 5.59. The zero-order valence-electron chi connectivity index (χ0n) is 17.2. The van der Waals surface area contributed by atoms with Crippen LogP contribution in [-0.4, -0.2) is 50.7 Å². The molecule has 0 fully saturated rings. The summed E-state index contributed by atoms with van der Waals surface area (Å²) >= 11 is 0. The molecule has 0 aliphatic carbocycles. The number of anilines is 4. The van der Waals surface area contributed by atoms with E-state index in [-0.39, 0.29) is 0 Å². The van der Waals surface area contributed by atoms with E-state index in [1.807, 2.05) is 60.7 Å². The molecule has 0 aliphatic heterocycles. The molecule has 0 bridgehead atoms. The Morgan fingerprint density at radius 1 is 0.516 bits per heavy atom. The average molecular weight is 414 g/mol. The quantitative estimate of drug-likeness (QED) is 0.320. The molecule has 2 heterocycles. The van der Waals surface area contributed by atoms with Gasteiger partial charge < -0.3 is 21.3 Å². The molecule has 0 atom stereocenters. The van der Waals surface area contributed by atoms with Gasteiger partial charge in [0.05, 0.1) is 6.67 Å². The van der Waals surface area contributed by atoms with Gasteiger partial charge in [-0.1, -0.05) is 60.7 Å². The van der Waals surface area contributed by atoms with Gasteiger partial charge in [0.25, 0.3) is 0 Å². The van der Waals surface area contributed by atoms with E-state index >= 15 is 0 Å². The van der Waals surface area contributed by atoms with Crippen LogP contribution in [0, 0.1) is 0 Å². The first-order valence-electron chi connectivity index (χ1n) is 9.71. The summed E-state index contributed by atoms with van der Waals surface area (Å²) in [6.45, 7) is 0.308. The topological polar surface area (TPSA) is 125 Å². The minimum absolute atomic E-state index is 0.308. The van der Waals surface area contributed by atoms with E-state index in [4.69, 9.17) is 0 Å². The molecule has 4 rings (SSSR count). The summed E-state index contributed by atoms with van der Waals surface area (Å²) in [4.78, 5) is 26.6. The number of hydrogen-bond acceptors (Lipinski definition) is 10. The highest BCUT2D eigenvalue weighted by Gasteiger charge is 2.09. The molecule has 2 aromatic heterocycles.